The number of fused-ring (bicyclic) bond motifs is 1. The number of halogens is 2. The van der Waals surface area contributed by atoms with Crippen molar-refractivity contribution in [3.63, 3.8) is 0 Å². The monoisotopic (exact) mass is 403 g/mol. The number of ether oxygens (including phenoxy) is 1. The number of aromatic nitrogens is 2. The Morgan fingerprint density at radius 2 is 1.96 bits per heavy atom. The Balaban J connectivity index is 1.55. The molecule has 0 bridgehead atoms. The van der Waals surface area contributed by atoms with Gasteiger partial charge < -0.3 is 10.1 Å². The standard InChI is InChI=1S/C20H19Cl2N3O2/c1-13(7-8-14-5-3-2-4-6-14)25-18(26)11-27-20-16-9-15(21)10-17(22)19(16)23-12-24-20/h2-6,9-10,12-13H,7-8,11H2,1H3,(H,25,26)/t13-/m1/s1. The third-order valence-electron chi connectivity index (χ3n) is 4.08. The lowest BCUT2D eigenvalue weighted by Crippen LogP contribution is -2.36. The average Bonchev–Trinajstić information content (AvgIpc) is 2.65. The molecule has 3 rings (SSSR count). The van der Waals surface area contributed by atoms with Crippen LogP contribution in [0.25, 0.3) is 10.9 Å². The second-order valence-electron chi connectivity index (χ2n) is 6.24. The van der Waals surface area contributed by atoms with E-state index in [2.05, 4.69) is 27.4 Å². The molecular weight excluding hydrogens is 385 g/mol. The maximum Gasteiger partial charge on any atom is 0.258 e. The van der Waals surface area contributed by atoms with Gasteiger partial charge in [0.25, 0.3) is 5.91 Å². The summed E-state index contributed by atoms with van der Waals surface area (Å²) in [6.07, 6.45) is 3.09. The third-order valence-corrected chi connectivity index (χ3v) is 4.58. The van der Waals surface area contributed by atoms with Crippen LogP contribution in [0, 0.1) is 0 Å². The molecule has 0 fully saturated rings. The van der Waals surface area contributed by atoms with Crippen LogP contribution in [0.4, 0.5) is 0 Å². The molecule has 0 aliphatic carbocycles. The van der Waals surface area contributed by atoms with Crippen molar-refractivity contribution in [2.75, 3.05) is 6.61 Å². The van der Waals surface area contributed by atoms with Crippen LogP contribution in [0.5, 0.6) is 5.88 Å². The van der Waals surface area contributed by atoms with Crippen LogP contribution in [-0.2, 0) is 11.2 Å². The molecule has 140 valence electrons. The SMILES string of the molecule is C[C@H](CCc1ccccc1)NC(=O)COc1ncnc2c(Cl)cc(Cl)cc12. The zero-order valence-corrected chi connectivity index (χ0v) is 16.3. The molecule has 0 aliphatic heterocycles. The fraction of sp³-hybridized carbons (Fsp3) is 0.250. The van der Waals surface area contributed by atoms with Crippen molar-refractivity contribution in [3.05, 3.63) is 64.4 Å². The average molecular weight is 404 g/mol. The highest BCUT2D eigenvalue weighted by molar-refractivity contribution is 6.38. The van der Waals surface area contributed by atoms with Crippen LogP contribution in [-0.4, -0.2) is 28.5 Å². The first kappa shape index (κ1) is 19.4. The summed E-state index contributed by atoms with van der Waals surface area (Å²) < 4.78 is 5.57. The Morgan fingerprint density at radius 3 is 2.74 bits per heavy atom. The van der Waals surface area contributed by atoms with E-state index in [1.165, 1.54) is 11.9 Å². The van der Waals surface area contributed by atoms with E-state index in [9.17, 15) is 4.79 Å². The smallest absolute Gasteiger partial charge is 0.258 e. The van der Waals surface area contributed by atoms with Crippen molar-refractivity contribution in [1.82, 2.24) is 15.3 Å². The summed E-state index contributed by atoms with van der Waals surface area (Å²) in [5.41, 5.74) is 1.78. The highest BCUT2D eigenvalue weighted by Crippen LogP contribution is 2.30. The fourth-order valence-electron chi connectivity index (χ4n) is 2.73. The van der Waals surface area contributed by atoms with Crippen LogP contribution < -0.4 is 10.1 Å². The van der Waals surface area contributed by atoms with E-state index < -0.39 is 0 Å². The molecule has 2 aromatic carbocycles. The van der Waals surface area contributed by atoms with E-state index in [0.717, 1.165) is 12.8 Å². The van der Waals surface area contributed by atoms with Crippen molar-refractivity contribution >= 4 is 40.0 Å². The molecule has 7 heteroatoms. The number of nitrogens with one attached hydrogen (secondary N) is 1. The van der Waals surface area contributed by atoms with Crippen LogP contribution in [0.2, 0.25) is 10.0 Å². The van der Waals surface area contributed by atoms with Gasteiger partial charge >= 0.3 is 0 Å². The normalized spacial score (nSPS) is 12.0. The van der Waals surface area contributed by atoms with Gasteiger partial charge in [0.2, 0.25) is 5.88 Å². The molecule has 5 nitrogen and oxygen atoms in total. The van der Waals surface area contributed by atoms with Gasteiger partial charge in [-0.3, -0.25) is 4.79 Å². The minimum atomic E-state index is -0.213. The first-order chi connectivity index (χ1) is 13.0. The Labute approximate surface area is 167 Å². The van der Waals surface area contributed by atoms with E-state index in [0.29, 0.717) is 20.9 Å². The van der Waals surface area contributed by atoms with Crippen molar-refractivity contribution in [3.8, 4) is 5.88 Å². The van der Waals surface area contributed by atoms with E-state index in [-0.39, 0.29) is 24.4 Å². The first-order valence-electron chi connectivity index (χ1n) is 8.59. The van der Waals surface area contributed by atoms with Gasteiger partial charge in [0, 0.05) is 11.1 Å². The molecule has 0 spiro atoms. The minimum absolute atomic E-state index is 0.0346. The van der Waals surface area contributed by atoms with Gasteiger partial charge in [-0.05, 0) is 37.5 Å². The van der Waals surface area contributed by atoms with E-state index in [1.54, 1.807) is 12.1 Å². The number of benzene rings is 2. The maximum atomic E-state index is 12.2. The molecule has 0 saturated heterocycles. The molecule has 0 aliphatic rings. The molecule has 27 heavy (non-hydrogen) atoms. The van der Waals surface area contributed by atoms with Crippen molar-refractivity contribution in [1.29, 1.82) is 0 Å². The Kier molecular flexibility index (Phi) is 6.48. The van der Waals surface area contributed by atoms with Gasteiger partial charge in [-0.15, -0.1) is 0 Å². The van der Waals surface area contributed by atoms with E-state index in [4.69, 9.17) is 27.9 Å². The van der Waals surface area contributed by atoms with Crippen LogP contribution >= 0.6 is 23.2 Å². The highest BCUT2D eigenvalue weighted by Gasteiger charge is 2.13. The molecule has 0 saturated carbocycles. The molecular formula is C20H19Cl2N3O2. The van der Waals surface area contributed by atoms with Crippen molar-refractivity contribution < 1.29 is 9.53 Å². The molecule has 1 N–H and O–H groups in total. The Hall–Kier alpha value is -2.37. The minimum Gasteiger partial charge on any atom is -0.467 e. The number of hydrogen-bond donors (Lipinski definition) is 1. The van der Waals surface area contributed by atoms with Gasteiger partial charge in [-0.25, -0.2) is 9.97 Å². The first-order valence-corrected chi connectivity index (χ1v) is 9.34. The largest absolute Gasteiger partial charge is 0.467 e. The molecule has 0 radical (unpaired) electrons. The zero-order chi connectivity index (χ0) is 19.2. The molecule has 1 atom stereocenters. The Morgan fingerprint density at radius 1 is 1.19 bits per heavy atom. The number of carbonyl (C=O) groups is 1. The maximum absolute atomic E-state index is 12.2. The van der Waals surface area contributed by atoms with Crippen LogP contribution in [0.1, 0.15) is 18.9 Å². The summed E-state index contributed by atoms with van der Waals surface area (Å²) in [5.74, 6) is 0.0620. The number of aryl methyl sites for hydroxylation is 1. The van der Waals surface area contributed by atoms with Gasteiger partial charge in [-0.1, -0.05) is 53.5 Å². The molecule has 1 heterocycles. The summed E-state index contributed by atoms with van der Waals surface area (Å²) in [5, 5.41) is 4.36. The second kappa shape index (κ2) is 9.02. The van der Waals surface area contributed by atoms with Gasteiger partial charge in [-0.2, -0.15) is 0 Å². The lowest BCUT2D eigenvalue weighted by Gasteiger charge is -2.14. The number of amides is 1. The van der Waals surface area contributed by atoms with E-state index >= 15 is 0 Å². The Bertz CT molecular complexity index is 935. The lowest BCUT2D eigenvalue weighted by atomic mass is 10.1. The fourth-order valence-corrected chi connectivity index (χ4v) is 3.28. The number of hydrogen-bond acceptors (Lipinski definition) is 4. The second-order valence-corrected chi connectivity index (χ2v) is 7.09. The lowest BCUT2D eigenvalue weighted by molar-refractivity contribution is -0.123. The quantitative estimate of drug-likeness (QED) is 0.632. The van der Waals surface area contributed by atoms with Gasteiger partial charge in [0.05, 0.1) is 15.9 Å². The molecule has 1 amide bonds. The van der Waals surface area contributed by atoms with Crippen molar-refractivity contribution in [2.45, 2.75) is 25.8 Å². The summed E-state index contributed by atoms with van der Waals surface area (Å²) in [7, 11) is 0. The number of nitrogens with zero attached hydrogens (tertiary/aromatic N) is 2. The molecule has 1 aromatic heterocycles. The zero-order valence-electron chi connectivity index (χ0n) is 14.8. The van der Waals surface area contributed by atoms with Gasteiger partial charge in [0.15, 0.2) is 6.61 Å². The predicted molar refractivity (Wildman–Crippen MR) is 107 cm³/mol. The topological polar surface area (TPSA) is 64.1 Å². The van der Waals surface area contributed by atoms with Crippen LogP contribution in [0.3, 0.4) is 0 Å². The number of carbonyl (C=O) groups excluding carboxylic acids is 1. The third kappa shape index (κ3) is 5.31. The summed E-state index contributed by atoms with van der Waals surface area (Å²) in [4.78, 5) is 20.4. The van der Waals surface area contributed by atoms with Crippen molar-refractivity contribution in [2.24, 2.45) is 0 Å². The summed E-state index contributed by atoms with van der Waals surface area (Å²) >= 11 is 12.2. The molecule has 3 aromatic rings. The van der Waals surface area contributed by atoms with Crippen LogP contribution in [0.15, 0.2) is 48.8 Å². The van der Waals surface area contributed by atoms with E-state index in [1.807, 2.05) is 25.1 Å². The summed E-state index contributed by atoms with van der Waals surface area (Å²) in [6, 6.07) is 13.5. The highest BCUT2D eigenvalue weighted by atomic mass is 35.5. The molecule has 0 unspecified atom stereocenters. The predicted octanol–water partition coefficient (Wildman–Crippen LogP) is 4.45. The number of rotatable bonds is 7. The van der Waals surface area contributed by atoms with Gasteiger partial charge in [0.1, 0.15) is 6.33 Å². The summed E-state index contributed by atoms with van der Waals surface area (Å²) in [6.45, 7) is 1.83.